The first kappa shape index (κ1) is 29.7. The second-order valence-corrected chi connectivity index (χ2v) is 10.00. The highest BCUT2D eigenvalue weighted by molar-refractivity contribution is 6.31. The van der Waals surface area contributed by atoms with E-state index in [1.54, 1.807) is 18.2 Å². The molecule has 1 fully saturated rings. The van der Waals surface area contributed by atoms with Crippen LogP contribution >= 0.6 is 11.6 Å². The number of ether oxygens (including phenoxy) is 2. The Morgan fingerprint density at radius 1 is 1.02 bits per heavy atom. The standard InChI is InChI=1S/C27H18ClF3N4O6.C2H6/c1-13-3-6-17-21(9-13)41-33-22(17)35-20-11-16(39-27(29,30)31)5-8-19(20)34(25(35)38)12-14-10-15(4-7-18(14)28)26(2)23(36)32-24(37)40-26;1-2/h3-11H,12H2,1-2H3,(H,32,36,37);1-2H3/t26-;/m1./s1. The van der Waals surface area contributed by atoms with Gasteiger partial charge >= 0.3 is 18.1 Å². The number of hydrogen-bond acceptors (Lipinski definition) is 7. The van der Waals surface area contributed by atoms with E-state index in [4.69, 9.17) is 20.9 Å². The van der Waals surface area contributed by atoms with E-state index in [2.05, 4.69) is 15.2 Å². The number of aryl methyl sites for hydroxylation is 1. The predicted molar refractivity (Wildman–Crippen MR) is 150 cm³/mol. The number of fused-ring (bicyclic) bond motifs is 2. The number of imidazole rings is 1. The van der Waals surface area contributed by atoms with Gasteiger partial charge in [0.05, 0.1) is 23.0 Å². The van der Waals surface area contributed by atoms with Gasteiger partial charge in [0.25, 0.3) is 5.91 Å². The zero-order chi connectivity index (χ0) is 31.3. The summed E-state index contributed by atoms with van der Waals surface area (Å²) >= 11 is 6.46. The van der Waals surface area contributed by atoms with Gasteiger partial charge in [0.2, 0.25) is 5.60 Å². The number of nitrogens with zero attached hydrogens (tertiary/aromatic N) is 3. The van der Waals surface area contributed by atoms with Crippen LogP contribution in [0.15, 0.2) is 63.9 Å². The van der Waals surface area contributed by atoms with Crippen LogP contribution in [-0.4, -0.2) is 32.7 Å². The fraction of sp³-hybridized carbons (Fsp3) is 0.241. The zero-order valence-electron chi connectivity index (χ0n) is 23.2. The quantitative estimate of drug-likeness (QED) is 0.244. The normalized spacial score (nSPS) is 16.7. The van der Waals surface area contributed by atoms with E-state index in [0.717, 1.165) is 22.3 Å². The third-order valence-electron chi connectivity index (χ3n) is 6.83. The molecule has 1 saturated heterocycles. The van der Waals surface area contributed by atoms with Gasteiger partial charge in [-0.1, -0.05) is 42.7 Å². The van der Waals surface area contributed by atoms with Gasteiger partial charge in [-0.25, -0.2) is 14.2 Å². The van der Waals surface area contributed by atoms with Gasteiger partial charge in [0.1, 0.15) is 5.75 Å². The molecule has 0 radical (unpaired) electrons. The van der Waals surface area contributed by atoms with Gasteiger partial charge in [-0.15, -0.1) is 13.2 Å². The summed E-state index contributed by atoms with van der Waals surface area (Å²) in [5, 5.41) is 6.82. The van der Waals surface area contributed by atoms with E-state index < -0.39 is 35.4 Å². The maximum atomic E-state index is 13.9. The number of aromatic nitrogens is 3. The number of alkyl carbamates (subject to hydrolysis) is 1. The van der Waals surface area contributed by atoms with Crippen LogP contribution in [-0.2, 0) is 21.7 Å². The summed E-state index contributed by atoms with van der Waals surface area (Å²) in [6.45, 7) is 7.10. The molecule has 14 heteroatoms. The monoisotopic (exact) mass is 616 g/mol. The number of carbonyl (C=O) groups excluding carboxylic acids is 2. The first-order valence-corrected chi connectivity index (χ1v) is 13.4. The van der Waals surface area contributed by atoms with Gasteiger partial charge in [-0.05, 0) is 61.4 Å². The Morgan fingerprint density at radius 3 is 2.44 bits per heavy atom. The van der Waals surface area contributed by atoms with Crippen LogP contribution < -0.4 is 15.7 Å². The molecule has 0 unspecified atom stereocenters. The second-order valence-electron chi connectivity index (χ2n) is 9.59. The van der Waals surface area contributed by atoms with Gasteiger partial charge in [-0.3, -0.25) is 14.7 Å². The fourth-order valence-corrected chi connectivity index (χ4v) is 4.98. The summed E-state index contributed by atoms with van der Waals surface area (Å²) in [4.78, 5) is 38.0. The Bertz CT molecular complexity index is 1960. The molecule has 6 rings (SSSR count). The van der Waals surface area contributed by atoms with E-state index in [9.17, 15) is 27.6 Å². The van der Waals surface area contributed by atoms with Crippen LogP contribution in [0, 0.1) is 6.92 Å². The first-order valence-electron chi connectivity index (χ1n) is 13.0. The Kier molecular flexibility index (Phi) is 7.46. The van der Waals surface area contributed by atoms with Crippen molar-refractivity contribution in [3.8, 4) is 11.6 Å². The molecule has 2 aromatic heterocycles. The minimum absolute atomic E-state index is 0.0656. The number of nitrogens with one attached hydrogen (secondary N) is 1. The van der Waals surface area contributed by atoms with Crippen molar-refractivity contribution in [3.63, 3.8) is 0 Å². The highest BCUT2D eigenvalue weighted by Gasteiger charge is 2.46. The number of benzene rings is 3. The second kappa shape index (κ2) is 10.8. The SMILES string of the molecule is CC.Cc1ccc2c(-n3c(=O)n(Cc4cc([C@@]5(C)OC(=O)NC5=O)ccc4Cl)c4ccc(OC(F)(F)F)cc43)noc2c1. The Morgan fingerprint density at radius 2 is 1.77 bits per heavy atom. The number of carbonyl (C=O) groups is 2. The summed E-state index contributed by atoms with van der Waals surface area (Å²) in [5.41, 5.74) is -0.0466. The highest BCUT2D eigenvalue weighted by Crippen LogP contribution is 2.34. The Balaban J connectivity index is 0.00000180. The van der Waals surface area contributed by atoms with Gasteiger partial charge in [-0.2, -0.15) is 0 Å². The Hall–Kier alpha value is -4.78. The molecule has 0 aliphatic carbocycles. The largest absolute Gasteiger partial charge is 0.573 e. The molecule has 1 N–H and O–H groups in total. The minimum atomic E-state index is -4.96. The molecule has 43 heavy (non-hydrogen) atoms. The van der Waals surface area contributed by atoms with Gasteiger partial charge in [0.15, 0.2) is 11.4 Å². The van der Waals surface area contributed by atoms with Crippen LogP contribution in [0.25, 0.3) is 27.8 Å². The molecule has 5 aromatic rings. The van der Waals surface area contributed by atoms with Gasteiger partial charge in [0, 0.05) is 16.7 Å². The number of rotatable bonds is 5. The summed E-state index contributed by atoms with van der Waals surface area (Å²) < 4.78 is 56.2. The minimum Gasteiger partial charge on any atom is -0.428 e. The summed E-state index contributed by atoms with van der Waals surface area (Å²) in [5.74, 6) is -1.14. The van der Waals surface area contributed by atoms with E-state index >= 15 is 0 Å². The maximum absolute atomic E-state index is 13.9. The summed E-state index contributed by atoms with van der Waals surface area (Å²) in [6.07, 6.45) is -5.86. The maximum Gasteiger partial charge on any atom is 0.573 e. The van der Waals surface area contributed by atoms with E-state index in [0.29, 0.717) is 22.1 Å². The lowest BCUT2D eigenvalue weighted by atomic mass is 9.94. The predicted octanol–water partition coefficient (Wildman–Crippen LogP) is 6.35. The van der Waals surface area contributed by atoms with Crippen LogP contribution in [0.4, 0.5) is 18.0 Å². The molecular formula is C29H24ClF3N4O6. The molecule has 0 bridgehead atoms. The third kappa shape index (κ3) is 5.31. The first-order chi connectivity index (χ1) is 20.3. The molecule has 3 heterocycles. The lowest BCUT2D eigenvalue weighted by molar-refractivity contribution is -0.274. The third-order valence-corrected chi connectivity index (χ3v) is 7.19. The fourth-order valence-electron chi connectivity index (χ4n) is 4.81. The number of imide groups is 1. The molecular weight excluding hydrogens is 593 g/mol. The van der Waals surface area contributed by atoms with E-state index in [1.807, 2.05) is 20.8 Å². The van der Waals surface area contributed by atoms with Crippen LogP contribution in [0.3, 0.4) is 0 Å². The molecule has 1 atom stereocenters. The van der Waals surface area contributed by atoms with E-state index in [-0.39, 0.29) is 28.4 Å². The van der Waals surface area contributed by atoms with Crippen LogP contribution in [0.1, 0.15) is 37.5 Å². The number of cyclic esters (lactones) is 1. The highest BCUT2D eigenvalue weighted by atomic mass is 35.5. The zero-order valence-corrected chi connectivity index (χ0v) is 24.0. The smallest absolute Gasteiger partial charge is 0.428 e. The van der Waals surface area contributed by atoms with Crippen molar-refractivity contribution in [2.24, 2.45) is 0 Å². The number of alkyl halides is 3. The summed E-state index contributed by atoms with van der Waals surface area (Å²) in [6, 6.07) is 13.2. The molecule has 2 amide bonds. The van der Waals surface area contributed by atoms with Crippen molar-refractivity contribution in [1.82, 2.24) is 19.6 Å². The number of amides is 2. The molecule has 10 nitrogen and oxygen atoms in total. The molecule has 3 aromatic carbocycles. The van der Waals surface area contributed by atoms with Crippen molar-refractivity contribution < 1.29 is 36.8 Å². The molecule has 1 aliphatic rings. The van der Waals surface area contributed by atoms with Crippen LogP contribution in [0.5, 0.6) is 5.75 Å². The van der Waals surface area contributed by atoms with Crippen molar-refractivity contribution in [2.75, 3.05) is 0 Å². The lowest BCUT2D eigenvalue weighted by Crippen LogP contribution is -2.33. The van der Waals surface area contributed by atoms with E-state index in [1.165, 1.54) is 35.8 Å². The average Bonchev–Trinajstić information content (AvgIpc) is 3.55. The van der Waals surface area contributed by atoms with Crippen molar-refractivity contribution >= 4 is 45.6 Å². The average molecular weight is 617 g/mol. The van der Waals surface area contributed by atoms with Crippen LogP contribution in [0.2, 0.25) is 5.02 Å². The summed E-state index contributed by atoms with van der Waals surface area (Å²) in [7, 11) is 0. The molecule has 1 aliphatic heterocycles. The Labute approximate surface area is 246 Å². The van der Waals surface area contributed by atoms with Crippen molar-refractivity contribution in [2.45, 2.75) is 46.2 Å². The van der Waals surface area contributed by atoms with Gasteiger partial charge < -0.3 is 14.0 Å². The number of hydrogen-bond donors (Lipinski definition) is 1. The van der Waals surface area contributed by atoms with Crippen molar-refractivity contribution in [1.29, 1.82) is 0 Å². The van der Waals surface area contributed by atoms with Crippen molar-refractivity contribution in [3.05, 3.63) is 86.8 Å². The molecule has 224 valence electrons. The number of halogens is 4. The lowest BCUT2D eigenvalue weighted by Gasteiger charge is -2.21. The molecule has 0 saturated carbocycles. The molecule has 0 spiro atoms. The topological polar surface area (TPSA) is 118 Å².